The van der Waals surface area contributed by atoms with E-state index in [-0.39, 0.29) is 0 Å². The number of carbonyl (C=O) groups is 2. The zero-order valence-corrected chi connectivity index (χ0v) is 16.3. The zero-order valence-electron chi connectivity index (χ0n) is 14.8. The Morgan fingerprint density at radius 2 is 1.86 bits per heavy atom. The van der Waals surface area contributed by atoms with E-state index in [2.05, 4.69) is 9.97 Å². The summed E-state index contributed by atoms with van der Waals surface area (Å²) in [5.41, 5.74) is 9.87. The number of rotatable bonds is 5. The topological polar surface area (TPSA) is 129 Å². The van der Waals surface area contributed by atoms with Gasteiger partial charge in [0.05, 0.1) is 16.2 Å². The molecule has 0 aliphatic carbocycles. The number of aliphatic carboxylic acids is 2. The second-order valence-electron chi connectivity index (χ2n) is 5.89. The molecule has 7 nitrogen and oxygen atoms in total. The molecular weight excluding hydrogens is 405 g/mol. The van der Waals surface area contributed by atoms with E-state index in [1.165, 1.54) is 5.56 Å². The van der Waals surface area contributed by atoms with E-state index >= 15 is 0 Å². The summed E-state index contributed by atoms with van der Waals surface area (Å²) < 4.78 is 0. The van der Waals surface area contributed by atoms with Gasteiger partial charge in [-0.15, -0.1) is 0 Å². The lowest BCUT2D eigenvalue weighted by Gasteiger charge is -2.05. The Hall–Kier alpha value is -2.61. The zero-order chi connectivity index (χ0) is 20.7. The smallest absolute Gasteiger partial charge is 0.414 e. The van der Waals surface area contributed by atoms with Gasteiger partial charge in [-0.3, -0.25) is 4.98 Å². The van der Waals surface area contributed by atoms with Crippen molar-refractivity contribution in [3.63, 3.8) is 0 Å². The Kier molecular flexibility index (Phi) is 7.80. The van der Waals surface area contributed by atoms with Crippen molar-refractivity contribution in [2.24, 2.45) is 5.73 Å². The molecule has 148 valence electrons. The van der Waals surface area contributed by atoms with Crippen LogP contribution in [0.3, 0.4) is 0 Å². The van der Waals surface area contributed by atoms with Gasteiger partial charge < -0.3 is 20.9 Å². The summed E-state index contributed by atoms with van der Waals surface area (Å²) in [6.07, 6.45) is 6.57. The summed E-state index contributed by atoms with van der Waals surface area (Å²) in [4.78, 5) is 25.8. The van der Waals surface area contributed by atoms with Gasteiger partial charge in [0.1, 0.15) is 0 Å². The summed E-state index contributed by atoms with van der Waals surface area (Å²) >= 11 is 12.5. The van der Waals surface area contributed by atoms with Crippen molar-refractivity contribution in [2.75, 3.05) is 6.54 Å². The van der Waals surface area contributed by atoms with Crippen molar-refractivity contribution in [3.05, 3.63) is 52.3 Å². The van der Waals surface area contributed by atoms with Crippen molar-refractivity contribution in [2.45, 2.75) is 19.3 Å². The van der Waals surface area contributed by atoms with Crippen LogP contribution < -0.4 is 5.73 Å². The fourth-order valence-electron chi connectivity index (χ4n) is 2.74. The number of hydrogen-bond acceptors (Lipinski definition) is 4. The lowest BCUT2D eigenvalue weighted by molar-refractivity contribution is -0.159. The molecule has 3 rings (SSSR count). The number of fused-ring (bicyclic) bond motifs is 1. The first kappa shape index (κ1) is 21.7. The standard InChI is InChI=1S/C17H17Cl2N3.C2H2O4/c18-12-8-14-13(5-1-2-6-20)16(11-4-3-7-21-10-11)22-17(14)15(19)9-12;3-1(4)2(5)6/h3-4,7-10,22H,1-2,5-6,20H2;(H,3,4)(H,5,6). The largest absolute Gasteiger partial charge is 0.473 e. The molecule has 2 aromatic heterocycles. The Bertz CT molecular complexity index is 962. The van der Waals surface area contributed by atoms with Crippen LogP contribution in [-0.4, -0.2) is 38.7 Å². The normalized spacial score (nSPS) is 10.4. The third kappa shape index (κ3) is 5.45. The Labute approximate surface area is 171 Å². The van der Waals surface area contributed by atoms with Crippen molar-refractivity contribution >= 4 is 46.0 Å². The molecule has 3 aromatic rings. The number of nitrogens with one attached hydrogen (secondary N) is 1. The Morgan fingerprint density at radius 1 is 1.14 bits per heavy atom. The van der Waals surface area contributed by atoms with E-state index < -0.39 is 11.9 Å². The first-order chi connectivity index (χ1) is 13.3. The summed E-state index contributed by atoms with van der Waals surface area (Å²) in [7, 11) is 0. The molecule has 9 heteroatoms. The van der Waals surface area contributed by atoms with Gasteiger partial charge in [0.15, 0.2) is 0 Å². The molecule has 2 heterocycles. The van der Waals surface area contributed by atoms with Gasteiger partial charge in [0, 0.05) is 28.4 Å². The maximum atomic E-state index is 9.10. The molecule has 0 spiro atoms. The average molecular weight is 424 g/mol. The maximum absolute atomic E-state index is 9.10. The third-order valence-electron chi connectivity index (χ3n) is 3.95. The Balaban J connectivity index is 0.000000409. The third-order valence-corrected chi connectivity index (χ3v) is 4.46. The number of nitrogens with two attached hydrogens (primary N) is 1. The van der Waals surface area contributed by atoms with Gasteiger partial charge in [-0.1, -0.05) is 23.2 Å². The first-order valence-corrected chi connectivity index (χ1v) is 9.17. The monoisotopic (exact) mass is 423 g/mol. The number of unbranched alkanes of at least 4 members (excludes halogenated alkanes) is 1. The van der Waals surface area contributed by atoms with Crippen LogP contribution in [0.1, 0.15) is 18.4 Å². The van der Waals surface area contributed by atoms with Gasteiger partial charge in [0.25, 0.3) is 0 Å². The van der Waals surface area contributed by atoms with Crippen LogP contribution in [0.25, 0.3) is 22.2 Å². The average Bonchev–Trinajstić information content (AvgIpc) is 3.02. The van der Waals surface area contributed by atoms with Crippen molar-refractivity contribution in [1.82, 2.24) is 9.97 Å². The van der Waals surface area contributed by atoms with Crippen LogP contribution in [0.4, 0.5) is 0 Å². The van der Waals surface area contributed by atoms with Gasteiger partial charge >= 0.3 is 11.9 Å². The number of carboxylic acid groups (broad SMARTS) is 2. The van der Waals surface area contributed by atoms with Crippen LogP contribution in [0.2, 0.25) is 10.0 Å². The van der Waals surface area contributed by atoms with E-state index in [4.69, 9.17) is 48.7 Å². The van der Waals surface area contributed by atoms with E-state index in [1.807, 2.05) is 24.4 Å². The lowest BCUT2D eigenvalue weighted by atomic mass is 10.0. The number of halogens is 2. The second-order valence-corrected chi connectivity index (χ2v) is 6.73. The minimum Gasteiger partial charge on any atom is -0.473 e. The number of aromatic nitrogens is 2. The second kappa shape index (κ2) is 10.1. The van der Waals surface area contributed by atoms with Crippen molar-refractivity contribution in [1.29, 1.82) is 0 Å². The number of carboxylic acids is 2. The van der Waals surface area contributed by atoms with Crippen LogP contribution in [0.15, 0.2) is 36.7 Å². The Morgan fingerprint density at radius 3 is 2.43 bits per heavy atom. The number of nitrogens with zero attached hydrogens (tertiary/aromatic N) is 1. The van der Waals surface area contributed by atoms with Crippen molar-refractivity contribution < 1.29 is 19.8 Å². The van der Waals surface area contributed by atoms with E-state index in [9.17, 15) is 0 Å². The van der Waals surface area contributed by atoms with Gasteiger partial charge in [-0.25, -0.2) is 9.59 Å². The van der Waals surface area contributed by atoms with Crippen LogP contribution in [0, 0.1) is 0 Å². The van der Waals surface area contributed by atoms with Gasteiger partial charge in [-0.2, -0.15) is 0 Å². The number of hydrogen-bond donors (Lipinski definition) is 4. The molecule has 0 amide bonds. The first-order valence-electron chi connectivity index (χ1n) is 8.41. The molecule has 1 aromatic carbocycles. The highest BCUT2D eigenvalue weighted by Crippen LogP contribution is 2.36. The molecule has 0 radical (unpaired) electrons. The molecule has 5 N–H and O–H groups in total. The van der Waals surface area contributed by atoms with E-state index in [0.717, 1.165) is 41.4 Å². The molecule has 0 atom stereocenters. The van der Waals surface area contributed by atoms with Crippen LogP contribution in [0.5, 0.6) is 0 Å². The number of H-pyrrole nitrogens is 1. The minimum absolute atomic E-state index is 0.637. The molecule has 0 aliphatic heterocycles. The van der Waals surface area contributed by atoms with E-state index in [1.54, 1.807) is 12.3 Å². The number of benzene rings is 1. The fourth-order valence-corrected chi connectivity index (χ4v) is 3.28. The molecule has 28 heavy (non-hydrogen) atoms. The highest BCUT2D eigenvalue weighted by atomic mass is 35.5. The molecule has 0 fully saturated rings. The molecule has 0 saturated carbocycles. The molecular formula is C19H19Cl2N3O4. The quantitative estimate of drug-likeness (QED) is 0.362. The summed E-state index contributed by atoms with van der Waals surface area (Å²) in [5, 5.41) is 17.1. The summed E-state index contributed by atoms with van der Waals surface area (Å²) in [5.74, 6) is -3.65. The van der Waals surface area contributed by atoms with Gasteiger partial charge in [-0.05, 0) is 55.6 Å². The highest BCUT2D eigenvalue weighted by Gasteiger charge is 2.15. The predicted octanol–water partition coefficient (Wildman–Crippen LogP) is 3.97. The SMILES string of the molecule is NCCCCc1c(-c2cccnc2)[nH]c2c(Cl)cc(Cl)cc12.O=C(O)C(=O)O. The van der Waals surface area contributed by atoms with Crippen LogP contribution in [-0.2, 0) is 16.0 Å². The predicted molar refractivity (Wildman–Crippen MR) is 109 cm³/mol. The summed E-state index contributed by atoms with van der Waals surface area (Å²) in [6, 6.07) is 7.70. The maximum Gasteiger partial charge on any atom is 0.414 e. The molecule has 0 unspecified atom stereocenters. The summed E-state index contributed by atoms with van der Waals surface area (Å²) in [6.45, 7) is 0.700. The van der Waals surface area contributed by atoms with E-state index in [0.29, 0.717) is 16.6 Å². The number of aryl methyl sites for hydroxylation is 1. The molecule has 0 bridgehead atoms. The fraction of sp³-hybridized carbons (Fsp3) is 0.211. The van der Waals surface area contributed by atoms with Crippen LogP contribution >= 0.6 is 23.2 Å². The molecule has 0 aliphatic rings. The number of aromatic amines is 1. The van der Waals surface area contributed by atoms with Gasteiger partial charge in [0.2, 0.25) is 0 Å². The number of pyridine rings is 1. The minimum atomic E-state index is -1.82. The highest BCUT2D eigenvalue weighted by molar-refractivity contribution is 6.38. The molecule has 0 saturated heterocycles. The van der Waals surface area contributed by atoms with Crippen molar-refractivity contribution in [3.8, 4) is 11.3 Å². The lowest BCUT2D eigenvalue weighted by Crippen LogP contribution is -2.09.